The summed E-state index contributed by atoms with van der Waals surface area (Å²) in [5.74, 6) is 0. The largest absolute Gasteiger partial charge is 0.811 e. The van der Waals surface area contributed by atoms with Crippen LogP contribution in [0.15, 0.2) is 0 Å². The monoisotopic (exact) mass is 136 g/mol. The summed E-state index contributed by atoms with van der Waals surface area (Å²) < 4.78 is 10.0. The summed E-state index contributed by atoms with van der Waals surface area (Å²) in [5, 5.41) is 0. The van der Waals surface area contributed by atoms with Crippen molar-refractivity contribution in [2.45, 2.75) is 25.9 Å². The third-order valence-electron chi connectivity index (χ3n) is 1.13. The third-order valence-corrected chi connectivity index (χ3v) is 2.58. The summed E-state index contributed by atoms with van der Waals surface area (Å²) in [4.78, 5) is 20.1. The summed E-state index contributed by atoms with van der Waals surface area (Å²) in [5.41, 5.74) is -0.706. The van der Waals surface area contributed by atoms with Crippen molar-refractivity contribution in [3.05, 3.63) is 0 Å². The maximum absolute atomic E-state index is 10.0. The van der Waals surface area contributed by atoms with E-state index in [1.165, 1.54) is 6.92 Å². The SMILES string of the molecule is CCC(C)P(=O)([O-])[O-]. The number of hydrogen-bond donors (Lipinski definition) is 0. The minimum absolute atomic E-state index is 0.407. The van der Waals surface area contributed by atoms with Crippen LogP contribution in [0.2, 0.25) is 0 Å². The molecule has 0 aliphatic heterocycles. The van der Waals surface area contributed by atoms with Crippen LogP contribution in [0.25, 0.3) is 0 Å². The van der Waals surface area contributed by atoms with Gasteiger partial charge in [0.25, 0.3) is 0 Å². The smallest absolute Gasteiger partial charge is 0.0165 e. The second-order valence-corrected chi connectivity index (χ2v) is 3.76. The van der Waals surface area contributed by atoms with Gasteiger partial charge in [0, 0.05) is 0 Å². The van der Waals surface area contributed by atoms with Gasteiger partial charge in [-0.1, -0.05) is 21.4 Å². The van der Waals surface area contributed by atoms with Crippen molar-refractivity contribution in [3.63, 3.8) is 0 Å². The van der Waals surface area contributed by atoms with Gasteiger partial charge in [-0.25, -0.2) is 0 Å². The molecule has 0 aliphatic carbocycles. The van der Waals surface area contributed by atoms with Crippen molar-refractivity contribution in [2.75, 3.05) is 0 Å². The Morgan fingerprint density at radius 2 is 2.00 bits per heavy atom. The highest BCUT2D eigenvalue weighted by molar-refractivity contribution is 7.49. The van der Waals surface area contributed by atoms with Gasteiger partial charge in [0.2, 0.25) is 0 Å². The molecule has 0 radical (unpaired) electrons. The molecule has 0 bridgehead atoms. The zero-order valence-electron chi connectivity index (χ0n) is 4.96. The molecule has 0 fully saturated rings. The molecule has 50 valence electrons. The van der Waals surface area contributed by atoms with Gasteiger partial charge in [0.1, 0.15) is 0 Å². The molecule has 0 aromatic heterocycles. The highest BCUT2D eigenvalue weighted by atomic mass is 31.2. The molecule has 1 unspecified atom stereocenters. The van der Waals surface area contributed by atoms with Gasteiger partial charge in [0.05, 0.1) is 0 Å². The lowest BCUT2D eigenvalue weighted by molar-refractivity contribution is -0.316. The molecule has 8 heavy (non-hydrogen) atoms. The molecule has 0 N–H and O–H groups in total. The summed E-state index contributed by atoms with van der Waals surface area (Å²) in [6.45, 7) is 3.09. The lowest BCUT2D eigenvalue weighted by atomic mass is 10.4. The van der Waals surface area contributed by atoms with Crippen molar-refractivity contribution in [3.8, 4) is 0 Å². The minimum Gasteiger partial charge on any atom is -0.811 e. The Hall–Kier alpha value is 0.150. The van der Waals surface area contributed by atoms with Gasteiger partial charge in [-0.2, -0.15) is 0 Å². The first kappa shape index (κ1) is 8.15. The Morgan fingerprint density at radius 3 is 2.00 bits per heavy atom. The van der Waals surface area contributed by atoms with Crippen LogP contribution in [0.4, 0.5) is 0 Å². The fraction of sp³-hybridized carbons (Fsp3) is 1.00. The molecule has 0 rings (SSSR count). The van der Waals surface area contributed by atoms with Crippen LogP contribution in [-0.4, -0.2) is 5.66 Å². The van der Waals surface area contributed by atoms with Crippen LogP contribution < -0.4 is 9.79 Å². The quantitative estimate of drug-likeness (QED) is 0.489. The van der Waals surface area contributed by atoms with Gasteiger partial charge in [-0.3, -0.25) is 0 Å². The second kappa shape index (κ2) is 2.62. The Kier molecular flexibility index (Phi) is 2.67. The van der Waals surface area contributed by atoms with Crippen molar-refractivity contribution in [1.82, 2.24) is 0 Å². The molecule has 0 aromatic rings. The van der Waals surface area contributed by atoms with Crippen LogP contribution in [-0.2, 0) is 4.57 Å². The van der Waals surface area contributed by atoms with Crippen molar-refractivity contribution in [2.24, 2.45) is 0 Å². The average molecular weight is 136 g/mol. The van der Waals surface area contributed by atoms with E-state index in [9.17, 15) is 14.4 Å². The summed E-state index contributed by atoms with van der Waals surface area (Å²) in [6.07, 6.45) is 0.407. The van der Waals surface area contributed by atoms with Gasteiger partial charge >= 0.3 is 0 Å². The van der Waals surface area contributed by atoms with E-state index in [-0.39, 0.29) is 0 Å². The minimum atomic E-state index is -4.26. The average Bonchev–Trinajstić information content (AvgIpc) is 1.62. The predicted molar refractivity (Wildman–Crippen MR) is 27.4 cm³/mol. The van der Waals surface area contributed by atoms with Crippen LogP contribution in [0.3, 0.4) is 0 Å². The molecular weight excluding hydrogens is 127 g/mol. The molecule has 0 spiro atoms. The van der Waals surface area contributed by atoms with Crippen molar-refractivity contribution >= 4 is 7.60 Å². The maximum atomic E-state index is 10.0. The maximum Gasteiger partial charge on any atom is -0.0165 e. The molecule has 3 nitrogen and oxygen atoms in total. The second-order valence-electron chi connectivity index (χ2n) is 1.80. The van der Waals surface area contributed by atoms with Crippen LogP contribution in [0.5, 0.6) is 0 Å². The zero-order valence-corrected chi connectivity index (χ0v) is 5.85. The molecule has 0 aliphatic rings. The predicted octanol–water partition coefficient (Wildman–Crippen LogP) is -0.301. The Balaban J connectivity index is 3.82. The van der Waals surface area contributed by atoms with E-state index in [1.54, 1.807) is 6.92 Å². The van der Waals surface area contributed by atoms with E-state index in [0.29, 0.717) is 6.42 Å². The summed E-state index contributed by atoms with van der Waals surface area (Å²) in [6, 6.07) is 0. The van der Waals surface area contributed by atoms with Crippen LogP contribution in [0.1, 0.15) is 20.3 Å². The van der Waals surface area contributed by atoms with E-state index < -0.39 is 13.3 Å². The fourth-order valence-electron chi connectivity index (χ4n) is 0.224. The van der Waals surface area contributed by atoms with E-state index in [1.807, 2.05) is 0 Å². The lowest BCUT2D eigenvalue weighted by Crippen LogP contribution is -2.22. The van der Waals surface area contributed by atoms with E-state index in [4.69, 9.17) is 0 Å². The van der Waals surface area contributed by atoms with Crippen LogP contribution >= 0.6 is 7.60 Å². The Morgan fingerprint density at radius 1 is 1.62 bits per heavy atom. The van der Waals surface area contributed by atoms with Gasteiger partial charge in [-0.15, -0.1) is 0 Å². The molecule has 0 amide bonds. The topological polar surface area (TPSA) is 63.2 Å². The number of rotatable bonds is 2. The standard InChI is InChI=1S/C4H11O3P/c1-3-4(2)8(5,6)7/h4H,3H2,1-2H3,(H2,5,6,7)/p-2. The molecule has 0 saturated carbocycles. The van der Waals surface area contributed by atoms with Crippen molar-refractivity contribution in [1.29, 1.82) is 0 Å². The summed E-state index contributed by atoms with van der Waals surface area (Å²) >= 11 is 0. The highest BCUT2D eigenvalue weighted by Crippen LogP contribution is 2.32. The van der Waals surface area contributed by atoms with Crippen molar-refractivity contribution < 1.29 is 14.4 Å². The first-order chi connectivity index (χ1) is 3.48. The molecule has 1 atom stereocenters. The van der Waals surface area contributed by atoms with Gasteiger partial charge in [0.15, 0.2) is 0 Å². The molecular formula is C4H9O3P-2. The lowest BCUT2D eigenvalue weighted by Gasteiger charge is -2.35. The molecule has 4 heteroatoms. The van der Waals surface area contributed by atoms with Gasteiger partial charge in [-0.05, 0) is 12.1 Å². The zero-order chi connectivity index (χ0) is 6.78. The van der Waals surface area contributed by atoms with Crippen LogP contribution in [0, 0.1) is 0 Å². The number of hydrogen-bond acceptors (Lipinski definition) is 3. The van der Waals surface area contributed by atoms with E-state index in [0.717, 1.165) is 0 Å². The Labute approximate surface area is 48.9 Å². The van der Waals surface area contributed by atoms with E-state index >= 15 is 0 Å². The molecule has 0 saturated heterocycles. The first-order valence-corrected chi connectivity index (χ1v) is 4.11. The Bertz CT molecular complexity index is 106. The van der Waals surface area contributed by atoms with E-state index in [2.05, 4.69) is 0 Å². The molecule has 0 aromatic carbocycles. The van der Waals surface area contributed by atoms with Gasteiger partial charge < -0.3 is 14.4 Å². The third kappa shape index (κ3) is 2.46. The first-order valence-electron chi connectivity index (χ1n) is 2.50. The normalized spacial score (nSPS) is 16.0. The molecule has 0 heterocycles. The highest BCUT2D eigenvalue weighted by Gasteiger charge is 2.00. The fourth-order valence-corrected chi connectivity index (χ4v) is 0.671. The summed E-state index contributed by atoms with van der Waals surface area (Å²) in [7, 11) is -4.26.